The monoisotopic (exact) mass is 456 g/mol. The number of ether oxygens (including phenoxy) is 1. The topological polar surface area (TPSA) is 119 Å². The molecule has 34 heavy (non-hydrogen) atoms. The van der Waals surface area contributed by atoms with Crippen molar-refractivity contribution in [2.45, 2.75) is 18.9 Å². The van der Waals surface area contributed by atoms with Gasteiger partial charge in [-0.2, -0.15) is 5.10 Å². The van der Waals surface area contributed by atoms with E-state index in [9.17, 15) is 4.79 Å². The number of pyridine rings is 1. The van der Waals surface area contributed by atoms with Gasteiger partial charge in [0, 0.05) is 44.0 Å². The number of benzene rings is 1. The summed E-state index contributed by atoms with van der Waals surface area (Å²) in [5, 5.41) is 13.8. The van der Waals surface area contributed by atoms with Gasteiger partial charge < -0.3 is 20.7 Å². The van der Waals surface area contributed by atoms with Crippen molar-refractivity contribution in [3.8, 4) is 17.1 Å². The zero-order chi connectivity index (χ0) is 23.5. The molecule has 1 aromatic carbocycles. The second-order valence-corrected chi connectivity index (χ2v) is 7.82. The Morgan fingerprint density at radius 3 is 2.59 bits per heavy atom. The van der Waals surface area contributed by atoms with Crippen molar-refractivity contribution in [2.75, 3.05) is 24.8 Å². The molecule has 0 unspecified atom stereocenters. The fourth-order valence-corrected chi connectivity index (χ4v) is 3.64. The summed E-state index contributed by atoms with van der Waals surface area (Å²) < 4.78 is 7.66. The molecule has 10 heteroatoms. The average Bonchev–Trinajstić information content (AvgIpc) is 3.63. The molecule has 0 radical (unpaired) electrons. The Hall–Kier alpha value is -4.47. The molecular formula is C24H24N8O2. The van der Waals surface area contributed by atoms with E-state index in [1.165, 1.54) is 6.20 Å². The van der Waals surface area contributed by atoms with Crippen LogP contribution in [0.1, 0.15) is 29.2 Å². The van der Waals surface area contributed by atoms with Gasteiger partial charge in [0.1, 0.15) is 5.82 Å². The molecule has 3 aromatic heterocycles. The van der Waals surface area contributed by atoms with Gasteiger partial charge in [-0.1, -0.05) is 6.07 Å². The van der Waals surface area contributed by atoms with Crippen LogP contribution >= 0.6 is 0 Å². The standard InChI is InChI=1S/C24H24N8O2/c1-25-24(33)17-14-28-21(30-20-9-12-32(31-20)15-7-8-15)13-19(17)29-18-6-3-5-16(22(18)34-2)23-26-10-4-11-27-23/h3-6,9-15H,7-8H2,1-2H3,(H,25,33)(H2,28,29,30,31). The number of carbonyl (C=O) groups is 1. The number of nitrogens with one attached hydrogen (secondary N) is 3. The third-order valence-corrected chi connectivity index (χ3v) is 5.46. The van der Waals surface area contributed by atoms with Crippen molar-refractivity contribution >= 4 is 28.9 Å². The highest BCUT2D eigenvalue weighted by molar-refractivity contribution is 6.00. The maximum atomic E-state index is 12.5. The number of anilines is 4. The van der Waals surface area contributed by atoms with Gasteiger partial charge in [0.15, 0.2) is 17.4 Å². The van der Waals surface area contributed by atoms with Crippen LogP contribution in [0.4, 0.5) is 23.0 Å². The van der Waals surface area contributed by atoms with Gasteiger partial charge in [0.25, 0.3) is 5.91 Å². The Kier molecular flexibility index (Phi) is 5.77. The van der Waals surface area contributed by atoms with E-state index in [4.69, 9.17) is 4.74 Å². The minimum atomic E-state index is -0.263. The third-order valence-electron chi connectivity index (χ3n) is 5.46. The van der Waals surface area contributed by atoms with E-state index in [-0.39, 0.29) is 5.91 Å². The highest BCUT2D eigenvalue weighted by Crippen LogP contribution is 2.37. The van der Waals surface area contributed by atoms with Crippen molar-refractivity contribution in [1.82, 2.24) is 30.0 Å². The van der Waals surface area contributed by atoms with Crippen LogP contribution in [0.25, 0.3) is 11.4 Å². The summed E-state index contributed by atoms with van der Waals surface area (Å²) >= 11 is 0. The molecule has 0 atom stereocenters. The van der Waals surface area contributed by atoms with Gasteiger partial charge in [-0.25, -0.2) is 15.0 Å². The van der Waals surface area contributed by atoms with E-state index in [0.29, 0.717) is 46.2 Å². The lowest BCUT2D eigenvalue weighted by Gasteiger charge is -2.17. The summed E-state index contributed by atoms with van der Waals surface area (Å²) in [6, 6.07) is 11.6. The van der Waals surface area contributed by atoms with Gasteiger partial charge in [-0.3, -0.25) is 9.48 Å². The minimum Gasteiger partial charge on any atom is -0.494 e. The number of para-hydroxylation sites is 1. The Morgan fingerprint density at radius 2 is 1.85 bits per heavy atom. The number of nitrogens with zero attached hydrogens (tertiary/aromatic N) is 5. The summed E-state index contributed by atoms with van der Waals surface area (Å²) in [6.45, 7) is 0. The fourth-order valence-electron chi connectivity index (χ4n) is 3.64. The largest absolute Gasteiger partial charge is 0.494 e. The first-order chi connectivity index (χ1) is 16.7. The van der Waals surface area contributed by atoms with Crippen molar-refractivity contribution < 1.29 is 9.53 Å². The van der Waals surface area contributed by atoms with E-state index in [2.05, 4.69) is 36.0 Å². The lowest BCUT2D eigenvalue weighted by molar-refractivity contribution is 0.0963. The molecule has 1 fully saturated rings. The normalized spacial score (nSPS) is 12.8. The first-order valence-corrected chi connectivity index (χ1v) is 10.9. The number of methoxy groups -OCH3 is 1. The Morgan fingerprint density at radius 1 is 1.03 bits per heavy atom. The predicted octanol–water partition coefficient (Wildman–Crippen LogP) is 3.93. The Balaban J connectivity index is 1.49. The summed E-state index contributed by atoms with van der Waals surface area (Å²) in [7, 11) is 3.17. The second-order valence-electron chi connectivity index (χ2n) is 7.82. The van der Waals surface area contributed by atoms with E-state index >= 15 is 0 Å². The molecule has 1 aliphatic rings. The maximum Gasteiger partial charge on any atom is 0.254 e. The molecule has 1 aliphatic carbocycles. The minimum absolute atomic E-state index is 0.263. The number of hydrogen-bond donors (Lipinski definition) is 3. The molecule has 1 amide bonds. The van der Waals surface area contributed by atoms with Crippen LogP contribution < -0.4 is 20.7 Å². The van der Waals surface area contributed by atoms with E-state index in [1.54, 1.807) is 38.7 Å². The molecule has 4 aromatic rings. The zero-order valence-electron chi connectivity index (χ0n) is 18.8. The molecule has 0 saturated heterocycles. The highest BCUT2D eigenvalue weighted by Gasteiger charge is 2.24. The highest BCUT2D eigenvalue weighted by atomic mass is 16.5. The fraction of sp³-hybridized carbons (Fsp3) is 0.208. The molecule has 3 heterocycles. The van der Waals surface area contributed by atoms with E-state index < -0.39 is 0 Å². The molecule has 3 N–H and O–H groups in total. The SMILES string of the molecule is CNC(=O)c1cnc(Nc2ccn(C3CC3)n2)cc1Nc1cccc(-c2ncccn2)c1OC. The lowest BCUT2D eigenvalue weighted by atomic mass is 10.1. The number of hydrogen-bond acceptors (Lipinski definition) is 8. The quantitative estimate of drug-likeness (QED) is 0.365. The van der Waals surface area contributed by atoms with E-state index in [0.717, 1.165) is 18.4 Å². The molecule has 0 bridgehead atoms. The van der Waals surface area contributed by atoms with Crippen molar-refractivity contribution in [3.05, 3.63) is 66.7 Å². The van der Waals surface area contributed by atoms with Gasteiger partial charge in [-0.15, -0.1) is 0 Å². The summed E-state index contributed by atoms with van der Waals surface area (Å²) in [6.07, 6.45) is 9.15. The molecular weight excluding hydrogens is 432 g/mol. The predicted molar refractivity (Wildman–Crippen MR) is 129 cm³/mol. The maximum absolute atomic E-state index is 12.5. The zero-order valence-corrected chi connectivity index (χ0v) is 18.8. The molecule has 172 valence electrons. The van der Waals surface area contributed by atoms with Crippen LogP contribution in [0.15, 0.2) is 61.2 Å². The lowest BCUT2D eigenvalue weighted by Crippen LogP contribution is -2.19. The first kappa shape index (κ1) is 21.4. The summed E-state index contributed by atoms with van der Waals surface area (Å²) in [5.41, 5.74) is 2.34. The summed E-state index contributed by atoms with van der Waals surface area (Å²) in [4.78, 5) is 25.6. The number of carbonyl (C=O) groups excluding carboxylic acids is 1. The van der Waals surface area contributed by atoms with Crippen LogP contribution in [-0.4, -0.2) is 44.8 Å². The average molecular weight is 457 g/mol. The van der Waals surface area contributed by atoms with Crippen LogP contribution in [0.3, 0.4) is 0 Å². The van der Waals surface area contributed by atoms with Gasteiger partial charge in [0.05, 0.1) is 35.7 Å². The summed E-state index contributed by atoms with van der Waals surface area (Å²) in [5.74, 6) is 2.08. The molecule has 0 spiro atoms. The number of rotatable bonds is 8. The molecule has 1 saturated carbocycles. The third kappa shape index (κ3) is 4.38. The van der Waals surface area contributed by atoms with Gasteiger partial charge in [0.2, 0.25) is 0 Å². The van der Waals surface area contributed by atoms with Gasteiger partial charge >= 0.3 is 0 Å². The molecule has 5 rings (SSSR count). The Bertz CT molecular complexity index is 1320. The van der Waals surface area contributed by atoms with Crippen LogP contribution in [-0.2, 0) is 0 Å². The van der Waals surface area contributed by atoms with Gasteiger partial charge in [-0.05, 0) is 31.0 Å². The Labute approximate surface area is 196 Å². The second kappa shape index (κ2) is 9.18. The van der Waals surface area contributed by atoms with Crippen molar-refractivity contribution in [3.63, 3.8) is 0 Å². The van der Waals surface area contributed by atoms with Crippen molar-refractivity contribution in [2.24, 2.45) is 0 Å². The van der Waals surface area contributed by atoms with E-state index in [1.807, 2.05) is 35.1 Å². The number of aromatic nitrogens is 5. The van der Waals surface area contributed by atoms with Crippen LogP contribution in [0.2, 0.25) is 0 Å². The van der Waals surface area contributed by atoms with Crippen LogP contribution in [0.5, 0.6) is 5.75 Å². The smallest absolute Gasteiger partial charge is 0.254 e. The first-order valence-electron chi connectivity index (χ1n) is 10.9. The molecule has 0 aliphatic heterocycles. The number of amides is 1. The van der Waals surface area contributed by atoms with Crippen LogP contribution in [0, 0.1) is 0 Å². The molecule has 10 nitrogen and oxygen atoms in total. The van der Waals surface area contributed by atoms with Crippen molar-refractivity contribution in [1.29, 1.82) is 0 Å².